The van der Waals surface area contributed by atoms with Gasteiger partial charge in [-0.05, 0) is 50.5 Å². The lowest BCUT2D eigenvalue weighted by atomic mass is 9.94. The molecule has 1 aliphatic rings. The molecule has 3 rings (SSSR count). The number of benzene rings is 2. The molecule has 1 amide bonds. The van der Waals surface area contributed by atoms with Crippen LogP contribution in [0.5, 0.6) is 17.2 Å². The van der Waals surface area contributed by atoms with Gasteiger partial charge in [0.25, 0.3) is 11.7 Å². The molecule has 0 aliphatic carbocycles. The summed E-state index contributed by atoms with van der Waals surface area (Å²) in [6.07, 6.45) is 0. The van der Waals surface area contributed by atoms with Gasteiger partial charge in [0, 0.05) is 24.2 Å². The zero-order valence-corrected chi connectivity index (χ0v) is 19.2. The Bertz CT molecular complexity index is 1100. The molecule has 1 aliphatic heterocycles. The van der Waals surface area contributed by atoms with Crippen molar-refractivity contribution in [2.75, 3.05) is 48.5 Å². The number of aliphatic hydroxyl groups is 1. The van der Waals surface area contributed by atoms with Crippen LogP contribution < -0.4 is 14.2 Å². The molecule has 1 N–H and O–H groups in total. The number of likely N-dealkylation sites (N-methyl/N-ethyl adjacent to an activating group) is 1. The van der Waals surface area contributed by atoms with E-state index in [0.717, 1.165) is 6.07 Å². The molecule has 1 atom stereocenters. The summed E-state index contributed by atoms with van der Waals surface area (Å²) in [5, 5.41) is 11.1. The van der Waals surface area contributed by atoms with Gasteiger partial charge in [0.15, 0.2) is 11.6 Å². The maximum Gasteiger partial charge on any atom is 0.295 e. The van der Waals surface area contributed by atoms with E-state index in [1.165, 1.54) is 38.4 Å². The molecule has 33 heavy (non-hydrogen) atoms. The monoisotopic (exact) mass is 458 g/mol. The van der Waals surface area contributed by atoms with Crippen LogP contribution in [-0.2, 0) is 9.59 Å². The van der Waals surface area contributed by atoms with Crippen LogP contribution in [0.25, 0.3) is 5.76 Å². The van der Waals surface area contributed by atoms with Gasteiger partial charge in [0.2, 0.25) is 0 Å². The van der Waals surface area contributed by atoms with E-state index in [4.69, 9.17) is 14.2 Å². The lowest BCUT2D eigenvalue weighted by Crippen LogP contribution is -2.35. The van der Waals surface area contributed by atoms with Crippen LogP contribution in [0.2, 0.25) is 0 Å². The van der Waals surface area contributed by atoms with E-state index >= 15 is 0 Å². The number of likely N-dealkylation sites (tertiary alicyclic amines) is 1. The zero-order chi connectivity index (χ0) is 24.3. The van der Waals surface area contributed by atoms with Crippen molar-refractivity contribution in [3.63, 3.8) is 0 Å². The van der Waals surface area contributed by atoms with Crippen molar-refractivity contribution in [3.8, 4) is 17.2 Å². The largest absolute Gasteiger partial charge is 0.507 e. The van der Waals surface area contributed by atoms with E-state index in [1.54, 1.807) is 18.2 Å². The molecule has 0 radical (unpaired) electrons. The van der Waals surface area contributed by atoms with Gasteiger partial charge in [-0.25, -0.2) is 4.39 Å². The number of carbonyl (C=O) groups is 2. The minimum absolute atomic E-state index is 0.0102. The second kappa shape index (κ2) is 9.91. The number of amides is 1. The molecule has 0 spiro atoms. The van der Waals surface area contributed by atoms with Crippen LogP contribution in [-0.4, -0.2) is 75.1 Å². The minimum Gasteiger partial charge on any atom is -0.507 e. The highest BCUT2D eigenvalue weighted by molar-refractivity contribution is 6.46. The predicted molar refractivity (Wildman–Crippen MR) is 120 cm³/mol. The van der Waals surface area contributed by atoms with Crippen molar-refractivity contribution >= 4 is 17.4 Å². The summed E-state index contributed by atoms with van der Waals surface area (Å²) in [5.74, 6) is -1.94. The van der Waals surface area contributed by atoms with Gasteiger partial charge in [0.1, 0.15) is 17.3 Å². The number of aliphatic hydroxyl groups excluding tert-OH is 1. The Morgan fingerprint density at radius 2 is 1.70 bits per heavy atom. The first-order chi connectivity index (χ1) is 15.7. The Labute approximate surface area is 191 Å². The quantitative estimate of drug-likeness (QED) is 0.370. The number of ketones is 1. The molecule has 1 saturated heterocycles. The third kappa shape index (κ3) is 4.63. The predicted octanol–water partition coefficient (Wildman–Crippen LogP) is 2.83. The van der Waals surface area contributed by atoms with Gasteiger partial charge < -0.3 is 29.1 Å². The third-order valence-electron chi connectivity index (χ3n) is 5.48. The lowest BCUT2D eigenvalue weighted by Gasteiger charge is -2.28. The van der Waals surface area contributed by atoms with Gasteiger partial charge >= 0.3 is 0 Å². The second-order valence-corrected chi connectivity index (χ2v) is 7.75. The van der Waals surface area contributed by atoms with Crippen molar-refractivity contribution in [3.05, 3.63) is 58.9 Å². The minimum atomic E-state index is -0.958. The van der Waals surface area contributed by atoms with Crippen LogP contribution >= 0.6 is 0 Å². The number of ether oxygens (including phenoxy) is 3. The average molecular weight is 458 g/mol. The highest BCUT2D eigenvalue weighted by Gasteiger charge is 2.47. The molecule has 2 aromatic carbocycles. The maximum absolute atomic E-state index is 14.3. The number of hydrogen-bond acceptors (Lipinski definition) is 7. The van der Waals surface area contributed by atoms with Crippen molar-refractivity contribution in [2.24, 2.45) is 0 Å². The number of methoxy groups -OCH3 is 3. The van der Waals surface area contributed by atoms with Crippen LogP contribution in [0.4, 0.5) is 4.39 Å². The van der Waals surface area contributed by atoms with E-state index in [-0.39, 0.29) is 23.4 Å². The normalized spacial score (nSPS) is 17.5. The van der Waals surface area contributed by atoms with Crippen LogP contribution in [0, 0.1) is 5.82 Å². The summed E-state index contributed by atoms with van der Waals surface area (Å²) in [6, 6.07) is 7.86. The van der Waals surface area contributed by atoms with E-state index in [9.17, 15) is 19.1 Å². The summed E-state index contributed by atoms with van der Waals surface area (Å²) < 4.78 is 30.1. The fourth-order valence-electron chi connectivity index (χ4n) is 3.76. The molecule has 2 aromatic rings. The Morgan fingerprint density at radius 1 is 1.03 bits per heavy atom. The molecule has 0 saturated carbocycles. The second-order valence-electron chi connectivity index (χ2n) is 7.75. The van der Waals surface area contributed by atoms with E-state index in [2.05, 4.69) is 0 Å². The molecule has 176 valence electrons. The maximum atomic E-state index is 14.3. The number of carbonyl (C=O) groups excluding carboxylic acids is 2. The Balaban J connectivity index is 2.24. The highest BCUT2D eigenvalue weighted by atomic mass is 19.1. The Kier molecular flexibility index (Phi) is 7.23. The standard InChI is InChI=1S/C24H27FN2O6/c1-26(2)10-11-27-21(16-13-15(31-3)7-9-18(16)32-4)20(23(29)24(27)30)22(28)14-6-8-19(33-5)17(25)12-14/h6-9,12-13,21,28H,10-11H2,1-5H3/t21-/m1/s1. The van der Waals surface area contributed by atoms with E-state index in [1.807, 2.05) is 19.0 Å². The highest BCUT2D eigenvalue weighted by Crippen LogP contribution is 2.44. The van der Waals surface area contributed by atoms with Crippen molar-refractivity contribution < 1.29 is 33.3 Å². The first kappa shape index (κ1) is 24.1. The molecule has 1 fully saturated rings. The van der Waals surface area contributed by atoms with Crippen molar-refractivity contribution in [1.29, 1.82) is 0 Å². The number of rotatable bonds is 8. The van der Waals surface area contributed by atoms with Gasteiger partial charge in [0.05, 0.1) is 32.9 Å². The third-order valence-corrected chi connectivity index (χ3v) is 5.48. The number of hydrogen-bond donors (Lipinski definition) is 1. The summed E-state index contributed by atoms with van der Waals surface area (Å²) in [5.41, 5.74) is 0.353. The Hall–Kier alpha value is -3.59. The SMILES string of the molecule is COc1ccc(OC)c([C@@H]2C(=C(O)c3ccc(OC)c(F)c3)C(=O)C(=O)N2CCN(C)C)c1. The first-order valence-corrected chi connectivity index (χ1v) is 10.2. The number of Topliss-reactive ketones (excluding diaryl/α,β-unsaturated/α-hetero) is 1. The summed E-state index contributed by atoms with van der Waals surface area (Å²) in [6.45, 7) is 0.698. The topological polar surface area (TPSA) is 88.5 Å². The van der Waals surface area contributed by atoms with Gasteiger partial charge in [-0.3, -0.25) is 9.59 Å². The van der Waals surface area contributed by atoms with Gasteiger partial charge in [-0.2, -0.15) is 0 Å². The average Bonchev–Trinajstić information content (AvgIpc) is 3.06. The summed E-state index contributed by atoms with van der Waals surface area (Å²) >= 11 is 0. The van der Waals surface area contributed by atoms with Crippen LogP contribution in [0.15, 0.2) is 42.0 Å². The first-order valence-electron chi connectivity index (χ1n) is 10.2. The Morgan fingerprint density at radius 3 is 2.27 bits per heavy atom. The molecule has 1 heterocycles. The molecule has 0 aromatic heterocycles. The lowest BCUT2D eigenvalue weighted by molar-refractivity contribution is -0.140. The number of nitrogens with zero attached hydrogens (tertiary/aromatic N) is 2. The molecule has 0 unspecified atom stereocenters. The van der Waals surface area contributed by atoms with Crippen LogP contribution in [0.1, 0.15) is 17.2 Å². The van der Waals surface area contributed by atoms with Crippen molar-refractivity contribution in [2.45, 2.75) is 6.04 Å². The fourth-order valence-corrected chi connectivity index (χ4v) is 3.76. The van der Waals surface area contributed by atoms with E-state index in [0.29, 0.717) is 23.6 Å². The molecule has 8 nitrogen and oxygen atoms in total. The van der Waals surface area contributed by atoms with Gasteiger partial charge in [-0.15, -0.1) is 0 Å². The molecule has 0 bridgehead atoms. The van der Waals surface area contributed by atoms with Gasteiger partial charge in [-0.1, -0.05) is 0 Å². The smallest absolute Gasteiger partial charge is 0.295 e. The molecular weight excluding hydrogens is 431 g/mol. The van der Waals surface area contributed by atoms with Crippen LogP contribution in [0.3, 0.4) is 0 Å². The fraction of sp³-hybridized carbons (Fsp3) is 0.333. The number of halogens is 1. The zero-order valence-electron chi connectivity index (χ0n) is 19.2. The van der Waals surface area contributed by atoms with E-state index < -0.39 is 29.3 Å². The summed E-state index contributed by atoms with van der Waals surface area (Å²) in [7, 11) is 7.98. The summed E-state index contributed by atoms with van der Waals surface area (Å²) in [4.78, 5) is 29.4. The van der Waals surface area contributed by atoms with Crippen molar-refractivity contribution in [1.82, 2.24) is 9.80 Å². The molecular formula is C24H27FN2O6. The molecule has 9 heteroatoms.